The molecule has 3 N–H and O–H groups in total. The normalized spacial score (nSPS) is 10.9. The Balaban J connectivity index is 2.41. The third-order valence-corrected chi connectivity index (χ3v) is 4.70. The first-order valence-electron chi connectivity index (χ1n) is 5.61. The molecule has 0 aliphatic heterocycles. The number of hydrogen-bond donors (Lipinski definition) is 2. The van der Waals surface area contributed by atoms with Crippen LogP contribution in [0.3, 0.4) is 0 Å². The number of nitriles is 1. The smallest absolute Gasteiger partial charge is 0.265 e. The maximum absolute atomic E-state index is 12.3. The highest BCUT2D eigenvalue weighted by Gasteiger charge is 2.22. The lowest BCUT2D eigenvalue weighted by molar-refractivity contribution is 0.601. The maximum Gasteiger partial charge on any atom is 0.265 e. The first-order valence-corrected chi connectivity index (χ1v) is 7.85. The van der Waals surface area contributed by atoms with Crippen molar-refractivity contribution in [2.75, 3.05) is 10.5 Å². The van der Waals surface area contributed by atoms with Gasteiger partial charge in [0.25, 0.3) is 10.0 Å². The lowest BCUT2D eigenvalue weighted by Gasteiger charge is -2.12. The molecule has 0 amide bonds. The standard InChI is InChI=1S/C13H9Cl2N3O2S/c14-9-5-11(15)13(12(17)6-9)21(19,20)18-10-3-1-8(7-16)2-4-10/h1-6,18H,17H2. The van der Waals surface area contributed by atoms with E-state index in [0.29, 0.717) is 11.3 Å². The van der Waals surface area contributed by atoms with Crippen LogP contribution < -0.4 is 10.5 Å². The fraction of sp³-hybridized carbons (Fsp3) is 0. The van der Waals surface area contributed by atoms with Crippen LogP contribution in [0.1, 0.15) is 5.56 Å². The second kappa shape index (κ2) is 5.82. The summed E-state index contributed by atoms with van der Waals surface area (Å²) in [7, 11) is -3.96. The SMILES string of the molecule is N#Cc1ccc(NS(=O)(=O)c2c(N)cc(Cl)cc2Cl)cc1. The average molecular weight is 342 g/mol. The Hall–Kier alpha value is -1.94. The van der Waals surface area contributed by atoms with Gasteiger partial charge in [0.2, 0.25) is 0 Å². The number of hydrogen-bond acceptors (Lipinski definition) is 4. The van der Waals surface area contributed by atoms with Crippen LogP contribution in [-0.2, 0) is 10.0 Å². The molecule has 0 aromatic heterocycles. The monoisotopic (exact) mass is 341 g/mol. The highest BCUT2D eigenvalue weighted by atomic mass is 35.5. The topological polar surface area (TPSA) is 96.0 Å². The van der Waals surface area contributed by atoms with Gasteiger partial charge in [0, 0.05) is 10.7 Å². The molecule has 0 atom stereocenters. The van der Waals surface area contributed by atoms with E-state index in [2.05, 4.69) is 4.72 Å². The lowest BCUT2D eigenvalue weighted by Crippen LogP contribution is -2.15. The third kappa shape index (κ3) is 3.39. The summed E-state index contributed by atoms with van der Waals surface area (Å²) in [6, 6.07) is 10.5. The van der Waals surface area contributed by atoms with Gasteiger partial charge in [-0.3, -0.25) is 4.72 Å². The Bertz CT molecular complexity index is 804. The van der Waals surface area contributed by atoms with Crippen molar-refractivity contribution >= 4 is 44.6 Å². The second-order valence-corrected chi connectivity index (χ2v) is 6.56. The van der Waals surface area contributed by atoms with Crippen molar-refractivity contribution in [1.82, 2.24) is 0 Å². The van der Waals surface area contributed by atoms with Crippen molar-refractivity contribution in [2.45, 2.75) is 4.90 Å². The minimum Gasteiger partial charge on any atom is -0.398 e. The van der Waals surface area contributed by atoms with E-state index < -0.39 is 10.0 Å². The Morgan fingerprint density at radius 2 is 1.76 bits per heavy atom. The molecule has 2 rings (SSSR count). The van der Waals surface area contributed by atoms with Gasteiger partial charge in [0.05, 0.1) is 22.3 Å². The summed E-state index contributed by atoms with van der Waals surface area (Å²) in [5.41, 5.74) is 6.34. The van der Waals surface area contributed by atoms with Gasteiger partial charge in [-0.05, 0) is 36.4 Å². The minimum absolute atomic E-state index is 0.0476. The summed E-state index contributed by atoms with van der Waals surface area (Å²) in [5.74, 6) is 0. The summed E-state index contributed by atoms with van der Waals surface area (Å²) >= 11 is 11.7. The molecule has 8 heteroatoms. The van der Waals surface area contributed by atoms with Crippen LogP contribution in [0.5, 0.6) is 0 Å². The van der Waals surface area contributed by atoms with E-state index in [-0.39, 0.29) is 20.6 Å². The molecule has 108 valence electrons. The molecule has 0 unspecified atom stereocenters. The van der Waals surface area contributed by atoms with E-state index >= 15 is 0 Å². The van der Waals surface area contributed by atoms with Gasteiger partial charge in [-0.25, -0.2) is 8.42 Å². The Labute approximate surface area is 132 Å². The predicted octanol–water partition coefficient (Wildman–Crippen LogP) is 3.25. The van der Waals surface area contributed by atoms with Crippen molar-refractivity contribution in [1.29, 1.82) is 5.26 Å². The number of benzene rings is 2. The van der Waals surface area contributed by atoms with Crippen molar-refractivity contribution in [2.24, 2.45) is 0 Å². The molecule has 2 aromatic rings. The number of nitrogens with one attached hydrogen (secondary N) is 1. The molecule has 21 heavy (non-hydrogen) atoms. The second-order valence-electron chi connectivity index (χ2n) is 4.10. The molecular formula is C13H9Cl2N3O2S. The number of halogens is 2. The van der Waals surface area contributed by atoms with Crippen LogP contribution in [0.2, 0.25) is 10.0 Å². The fourth-order valence-electron chi connectivity index (χ4n) is 1.68. The van der Waals surface area contributed by atoms with Crippen molar-refractivity contribution in [3.8, 4) is 6.07 Å². The van der Waals surface area contributed by atoms with Gasteiger partial charge in [-0.1, -0.05) is 23.2 Å². The quantitative estimate of drug-likeness (QED) is 0.837. The van der Waals surface area contributed by atoms with Gasteiger partial charge in [0.15, 0.2) is 0 Å². The van der Waals surface area contributed by atoms with E-state index in [1.165, 1.54) is 36.4 Å². The summed E-state index contributed by atoms with van der Waals surface area (Å²) < 4.78 is 27.0. The van der Waals surface area contributed by atoms with Crippen LogP contribution >= 0.6 is 23.2 Å². The van der Waals surface area contributed by atoms with Crippen LogP contribution in [0, 0.1) is 11.3 Å². The van der Waals surface area contributed by atoms with Crippen LogP contribution in [0.15, 0.2) is 41.3 Å². The number of nitrogens with two attached hydrogens (primary N) is 1. The van der Waals surface area contributed by atoms with E-state index in [1.54, 1.807) is 0 Å². The average Bonchev–Trinajstić information content (AvgIpc) is 2.37. The maximum atomic E-state index is 12.3. The van der Waals surface area contributed by atoms with E-state index in [4.69, 9.17) is 34.2 Å². The summed E-state index contributed by atoms with van der Waals surface area (Å²) in [6.07, 6.45) is 0. The molecule has 5 nitrogen and oxygen atoms in total. The first kappa shape index (κ1) is 15.4. The summed E-state index contributed by atoms with van der Waals surface area (Å²) in [4.78, 5) is -0.238. The third-order valence-electron chi connectivity index (χ3n) is 2.57. The number of rotatable bonds is 3. The molecule has 0 saturated heterocycles. The van der Waals surface area contributed by atoms with Gasteiger partial charge < -0.3 is 5.73 Å². The molecular weight excluding hydrogens is 333 g/mol. The van der Waals surface area contributed by atoms with E-state index in [0.717, 1.165) is 0 Å². The zero-order valence-electron chi connectivity index (χ0n) is 10.5. The Morgan fingerprint density at radius 1 is 1.14 bits per heavy atom. The van der Waals surface area contributed by atoms with Gasteiger partial charge in [-0.15, -0.1) is 0 Å². The number of anilines is 2. The minimum atomic E-state index is -3.96. The van der Waals surface area contributed by atoms with Gasteiger partial charge in [0.1, 0.15) is 4.90 Å². The number of sulfonamides is 1. The molecule has 0 bridgehead atoms. The molecule has 2 aromatic carbocycles. The van der Waals surface area contributed by atoms with Crippen LogP contribution in [0.25, 0.3) is 0 Å². The molecule has 0 saturated carbocycles. The summed E-state index contributed by atoms with van der Waals surface area (Å²) in [5, 5.41) is 8.88. The number of nitrogen functional groups attached to an aromatic ring is 1. The first-order chi connectivity index (χ1) is 9.83. The van der Waals surface area contributed by atoms with E-state index in [9.17, 15) is 8.42 Å². The Kier molecular flexibility index (Phi) is 4.28. The molecule has 0 heterocycles. The van der Waals surface area contributed by atoms with Crippen molar-refractivity contribution in [3.05, 3.63) is 52.0 Å². The highest BCUT2D eigenvalue weighted by molar-refractivity contribution is 7.93. The summed E-state index contributed by atoms with van der Waals surface area (Å²) in [6.45, 7) is 0. The largest absolute Gasteiger partial charge is 0.398 e. The van der Waals surface area contributed by atoms with Crippen LogP contribution in [-0.4, -0.2) is 8.42 Å². The van der Waals surface area contributed by atoms with E-state index in [1.807, 2.05) is 6.07 Å². The van der Waals surface area contributed by atoms with Crippen molar-refractivity contribution < 1.29 is 8.42 Å². The molecule has 0 aliphatic rings. The zero-order valence-corrected chi connectivity index (χ0v) is 12.8. The van der Waals surface area contributed by atoms with Gasteiger partial charge in [-0.2, -0.15) is 5.26 Å². The highest BCUT2D eigenvalue weighted by Crippen LogP contribution is 2.32. The van der Waals surface area contributed by atoms with Crippen LogP contribution in [0.4, 0.5) is 11.4 Å². The molecule has 0 spiro atoms. The van der Waals surface area contributed by atoms with Crippen molar-refractivity contribution in [3.63, 3.8) is 0 Å². The Morgan fingerprint density at radius 3 is 2.29 bits per heavy atom. The molecule has 0 radical (unpaired) electrons. The molecule has 0 aliphatic carbocycles. The predicted molar refractivity (Wildman–Crippen MR) is 82.8 cm³/mol. The van der Waals surface area contributed by atoms with Gasteiger partial charge >= 0.3 is 0 Å². The number of nitrogens with zero attached hydrogens (tertiary/aromatic N) is 1. The fourth-order valence-corrected chi connectivity index (χ4v) is 3.73. The lowest BCUT2D eigenvalue weighted by atomic mass is 10.2. The zero-order chi connectivity index (χ0) is 15.6. The molecule has 0 fully saturated rings.